The molecule has 12 heteroatoms. The number of halogens is 1. The molecular formula is C46H57FN8O3. The van der Waals surface area contributed by atoms with Gasteiger partial charge in [0.05, 0.1) is 28.6 Å². The Hall–Kier alpha value is -4.84. The molecular weight excluding hydrogens is 732 g/mol. The summed E-state index contributed by atoms with van der Waals surface area (Å²) in [6.07, 6.45) is 12.5. The van der Waals surface area contributed by atoms with Gasteiger partial charge in [-0.2, -0.15) is 0 Å². The summed E-state index contributed by atoms with van der Waals surface area (Å²) in [6.45, 7) is 13.0. The molecule has 2 aliphatic carbocycles. The lowest BCUT2D eigenvalue weighted by Gasteiger charge is -2.48. The Morgan fingerprint density at radius 2 is 1.71 bits per heavy atom. The minimum atomic E-state index is -0.668. The molecule has 5 heterocycles. The van der Waals surface area contributed by atoms with E-state index < -0.39 is 11.2 Å². The number of pyridine rings is 1. The summed E-state index contributed by atoms with van der Waals surface area (Å²) < 4.78 is 17.9. The van der Waals surface area contributed by atoms with Crippen molar-refractivity contribution in [3.8, 4) is 11.3 Å². The molecule has 2 saturated carbocycles. The van der Waals surface area contributed by atoms with Crippen LogP contribution in [0.1, 0.15) is 126 Å². The molecule has 11 nitrogen and oxygen atoms in total. The number of carbonyl (C=O) groups is 3. The standard InChI is InChI=1S/C46H57FN8O3/c1-6-12-45(13-14-45)51-43(57)34-25-38(36(47)21-29(34)4)50-42-41-39(48-27-54(41)28(2)3)26-37(49-42)31-10-11-35-40(22-31)55(33-23-32(24-33)53-17-8-7-9-18-53)44(58)46(35)15-19-52(20-16-46)30(5)56/h10-11,21-22,25-28,32-33H,6-9,12-20,23-24H2,1-5H3,(H,49,50)(H,51,57). The molecule has 0 radical (unpaired) electrons. The SMILES string of the molecule is CCCC1(NC(=O)c2cc(Nc3nc(-c4ccc5c(c4)N(C4CC(N6CCCCC6)C4)C(=O)C54CCN(C(C)=O)CC4)cc4ncn(C(C)C)c34)c(F)cc2C)CC1. The Balaban J connectivity index is 1.09. The van der Waals surface area contributed by atoms with E-state index in [0.717, 1.165) is 73.9 Å². The predicted octanol–water partition coefficient (Wildman–Crippen LogP) is 8.18. The smallest absolute Gasteiger partial charge is 0.252 e. The predicted molar refractivity (Wildman–Crippen MR) is 225 cm³/mol. The number of hydrogen-bond donors (Lipinski definition) is 2. The van der Waals surface area contributed by atoms with Crippen LogP contribution in [0.2, 0.25) is 0 Å². The number of amides is 3. The minimum Gasteiger partial charge on any atom is -0.347 e. The summed E-state index contributed by atoms with van der Waals surface area (Å²) in [5.41, 5.74) is 5.22. The Bertz CT molecular complexity index is 2280. The lowest BCUT2D eigenvalue weighted by molar-refractivity contribution is -0.134. The van der Waals surface area contributed by atoms with Crippen molar-refractivity contribution >= 4 is 45.9 Å². The fourth-order valence-electron chi connectivity index (χ4n) is 10.4. The average molecular weight is 789 g/mol. The fraction of sp³-hybridized carbons (Fsp3) is 0.543. The number of rotatable bonds is 10. The first kappa shape index (κ1) is 38.7. The molecule has 9 rings (SSSR count). The molecule has 58 heavy (non-hydrogen) atoms. The number of piperidine rings is 2. The van der Waals surface area contributed by atoms with Crippen molar-refractivity contribution in [1.82, 2.24) is 29.7 Å². The van der Waals surface area contributed by atoms with E-state index in [-0.39, 0.29) is 41.0 Å². The molecule has 5 aliphatic rings. The Morgan fingerprint density at radius 1 is 0.966 bits per heavy atom. The van der Waals surface area contributed by atoms with Crippen molar-refractivity contribution in [2.24, 2.45) is 0 Å². The number of nitrogens with one attached hydrogen (secondary N) is 2. The van der Waals surface area contributed by atoms with Crippen molar-refractivity contribution in [3.05, 3.63) is 65.2 Å². The quantitative estimate of drug-likeness (QED) is 0.167. The molecule has 3 aliphatic heterocycles. The van der Waals surface area contributed by atoms with E-state index in [0.29, 0.717) is 60.1 Å². The maximum atomic E-state index is 15.9. The average Bonchev–Trinajstić information content (AvgIpc) is 3.72. The van der Waals surface area contributed by atoms with E-state index in [1.165, 1.54) is 25.3 Å². The largest absolute Gasteiger partial charge is 0.347 e. The summed E-state index contributed by atoms with van der Waals surface area (Å²) in [5.74, 6) is -0.0339. The van der Waals surface area contributed by atoms with Gasteiger partial charge in [0, 0.05) is 60.5 Å². The third-order valence-corrected chi connectivity index (χ3v) is 14.0. The second kappa shape index (κ2) is 14.8. The first-order valence-corrected chi connectivity index (χ1v) is 21.7. The molecule has 4 fully saturated rings. The monoisotopic (exact) mass is 788 g/mol. The number of carbonyl (C=O) groups excluding carboxylic acids is 3. The number of nitrogens with zero attached hydrogens (tertiary/aromatic N) is 6. The van der Waals surface area contributed by atoms with Gasteiger partial charge < -0.3 is 29.9 Å². The number of hydrogen-bond acceptors (Lipinski definition) is 7. The van der Waals surface area contributed by atoms with Crippen LogP contribution in [0.4, 0.5) is 21.6 Å². The van der Waals surface area contributed by atoms with Gasteiger partial charge in [-0.05, 0) is 127 Å². The summed E-state index contributed by atoms with van der Waals surface area (Å²) in [4.78, 5) is 57.3. The maximum absolute atomic E-state index is 15.9. The van der Waals surface area contributed by atoms with Gasteiger partial charge in [-0.25, -0.2) is 14.4 Å². The van der Waals surface area contributed by atoms with Gasteiger partial charge in [-0.3, -0.25) is 14.4 Å². The number of likely N-dealkylation sites (tertiary alicyclic amines) is 2. The van der Waals surface area contributed by atoms with Crippen LogP contribution in [0.5, 0.6) is 0 Å². The van der Waals surface area contributed by atoms with Crippen molar-refractivity contribution in [2.45, 2.75) is 134 Å². The molecule has 2 saturated heterocycles. The highest BCUT2D eigenvalue weighted by molar-refractivity contribution is 6.09. The van der Waals surface area contributed by atoms with Gasteiger partial charge in [-0.1, -0.05) is 31.9 Å². The zero-order valence-electron chi connectivity index (χ0n) is 34.7. The number of benzene rings is 2. The molecule has 2 aromatic carbocycles. The maximum Gasteiger partial charge on any atom is 0.252 e. The van der Waals surface area contributed by atoms with Crippen LogP contribution >= 0.6 is 0 Å². The minimum absolute atomic E-state index is 0.0468. The highest BCUT2D eigenvalue weighted by atomic mass is 19.1. The van der Waals surface area contributed by atoms with E-state index in [1.807, 2.05) is 21.6 Å². The Morgan fingerprint density at radius 3 is 2.38 bits per heavy atom. The number of aromatic nitrogens is 3. The second-order valence-corrected chi connectivity index (χ2v) is 18.1. The molecule has 306 valence electrons. The topological polar surface area (TPSA) is 116 Å². The lowest BCUT2D eigenvalue weighted by atomic mass is 9.73. The van der Waals surface area contributed by atoms with Gasteiger partial charge in [-0.15, -0.1) is 0 Å². The summed E-state index contributed by atoms with van der Waals surface area (Å²) in [5, 5.41) is 6.55. The molecule has 4 aromatic rings. The van der Waals surface area contributed by atoms with Crippen molar-refractivity contribution in [3.63, 3.8) is 0 Å². The van der Waals surface area contributed by atoms with E-state index in [2.05, 4.69) is 53.3 Å². The second-order valence-electron chi connectivity index (χ2n) is 18.1. The van der Waals surface area contributed by atoms with E-state index in [4.69, 9.17) is 9.97 Å². The number of aryl methyl sites for hydroxylation is 1. The zero-order chi connectivity index (χ0) is 40.5. The third kappa shape index (κ3) is 6.65. The molecule has 0 atom stereocenters. The van der Waals surface area contributed by atoms with Crippen LogP contribution in [0.15, 0.2) is 42.7 Å². The normalized spacial score (nSPS) is 22.4. The molecule has 2 N–H and O–H groups in total. The van der Waals surface area contributed by atoms with Crippen molar-refractivity contribution in [2.75, 3.05) is 36.4 Å². The van der Waals surface area contributed by atoms with E-state index in [1.54, 1.807) is 26.2 Å². The molecule has 2 aromatic heterocycles. The van der Waals surface area contributed by atoms with Crippen LogP contribution in [-0.4, -0.2) is 85.9 Å². The molecule has 0 bridgehead atoms. The van der Waals surface area contributed by atoms with Gasteiger partial charge in [0.25, 0.3) is 5.91 Å². The number of fused-ring (bicyclic) bond motifs is 3. The summed E-state index contributed by atoms with van der Waals surface area (Å²) >= 11 is 0. The number of imidazole rings is 1. The summed E-state index contributed by atoms with van der Waals surface area (Å²) in [7, 11) is 0. The van der Waals surface area contributed by atoms with Gasteiger partial charge in [0.1, 0.15) is 11.3 Å². The van der Waals surface area contributed by atoms with E-state index >= 15 is 4.39 Å². The van der Waals surface area contributed by atoms with Crippen LogP contribution in [0.3, 0.4) is 0 Å². The van der Waals surface area contributed by atoms with E-state index in [9.17, 15) is 14.4 Å². The highest BCUT2D eigenvalue weighted by Gasteiger charge is 2.55. The summed E-state index contributed by atoms with van der Waals surface area (Å²) in [6, 6.07) is 11.9. The molecule has 0 unspecified atom stereocenters. The van der Waals surface area contributed by atoms with Crippen LogP contribution in [0, 0.1) is 12.7 Å². The Kier molecular flexibility index (Phi) is 9.84. The van der Waals surface area contributed by atoms with Crippen molar-refractivity contribution < 1.29 is 18.8 Å². The molecule has 1 spiro atoms. The fourth-order valence-corrected chi connectivity index (χ4v) is 10.4. The lowest BCUT2D eigenvalue weighted by Crippen LogP contribution is -2.58. The van der Waals surface area contributed by atoms with Gasteiger partial charge >= 0.3 is 0 Å². The Labute approximate surface area is 340 Å². The van der Waals surface area contributed by atoms with Gasteiger partial charge in [0.2, 0.25) is 11.8 Å². The third-order valence-electron chi connectivity index (χ3n) is 14.0. The van der Waals surface area contributed by atoms with Crippen LogP contribution in [-0.2, 0) is 15.0 Å². The van der Waals surface area contributed by atoms with Crippen molar-refractivity contribution in [1.29, 1.82) is 0 Å². The first-order chi connectivity index (χ1) is 27.9. The van der Waals surface area contributed by atoms with Crippen LogP contribution < -0.4 is 15.5 Å². The highest BCUT2D eigenvalue weighted by Crippen LogP contribution is 2.52. The van der Waals surface area contributed by atoms with Gasteiger partial charge in [0.15, 0.2) is 5.82 Å². The first-order valence-electron chi connectivity index (χ1n) is 21.7. The zero-order valence-corrected chi connectivity index (χ0v) is 34.7. The number of anilines is 3. The van der Waals surface area contributed by atoms with Crippen LogP contribution in [0.25, 0.3) is 22.3 Å². The molecule has 3 amide bonds.